The number of rotatable bonds is 2. The Balaban J connectivity index is 2.32. The molecule has 0 radical (unpaired) electrons. The van der Waals surface area contributed by atoms with Crippen molar-refractivity contribution in [3.05, 3.63) is 52.5 Å². The second kappa shape index (κ2) is 5.13. The first-order valence-corrected chi connectivity index (χ1v) is 6.06. The summed E-state index contributed by atoms with van der Waals surface area (Å²) in [7, 11) is 0. The SMILES string of the molecule is Nc1ccc(Oc2cccc(Br)c2)cc1C(F)(F)F. The lowest BCUT2D eigenvalue weighted by Gasteiger charge is -2.12. The fourth-order valence-electron chi connectivity index (χ4n) is 1.51. The van der Waals surface area contributed by atoms with Crippen molar-refractivity contribution in [3.8, 4) is 11.5 Å². The van der Waals surface area contributed by atoms with E-state index in [9.17, 15) is 13.2 Å². The van der Waals surface area contributed by atoms with E-state index in [-0.39, 0.29) is 11.4 Å². The molecule has 2 N–H and O–H groups in total. The van der Waals surface area contributed by atoms with Gasteiger partial charge in [-0.2, -0.15) is 13.2 Å². The van der Waals surface area contributed by atoms with Crippen LogP contribution in [0.5, 0.6) is 11.5 Å². The van der Waals surface area contributed by atoms with Crippen LogP contribution in [0.3, 0.4) is 0 Å². The lowest BCUT2D eigenvalue weighted by Crippen LogP contribution is -2.08. The van der Waals surface area contributed by atoms with Gasteiger partial charge in [-0.1, -0.05) is 22.0 Å². The van der Waals surface area contributed by atoms with Crippen LogP contribution in [0.25, 0.3) is 0 Å². The first kappa shape index (κ1) is 13.7. The molecule has 0 aromatic heterocycles. The standard InChI is InChI=1S/C13H9BrF3NO/c14-8-2-1-3-9(6-8)19-10-4-5-12(18)11(7-10)13(15,16)17/h1-7H,18H2. The minimum atomic E-state index is -4.50. The molecule has 2 aromatic rings. The highest BCUT2D eigenvalue weighted by atomic mass is 79.9. The van der Waals surface area contributed by atoms with Crippen LogP contribution >= 0.6 is 15.9 Å². The van der Waals surface area contributed by atoms with Crippen LogP contribution in [0.15, 0.2) is 46.9 Å². The zero-order chi connectivity index (χ0) is 14.0. The summed E-state index contributed by atoms with van der Waals surface area (Å²) in [6, 6.07) is 10.3. The molecule has 0 saturated heterocycles. The Morgan fingerprint density at radius 2 is 1.68 bits per heavy atom. The van der Waals surface area contributed by atoms with E-state index in [1.807, 2.05) is 0 Å². The number of halogens is 4. The summed E-state index contributed by atoms with van der Waals surface area (Å²) in [5.74, 6) is 0.520. The van der Waals surface area contributed by atoms with Gasteiger partial charge in [0.15, 0.2) is 0 Å². The van der Waals surface area contributed by atoms with Gasteiger partial charge in [-0.3, -0.25) is 0 Å². The second-order valence-corrected chi connectivity index (χ2v) is 4.72. The Hall–Kier alpha value is -1.69. The van der Waals surface area contributed by atoms with Crippen molar-refractivity contribution in [1.29, 1.82) is 0 Å². The summed E-state index contributed by atoms with van der Waals surface area (Å²) in [4.78, 5) is 0. The van der Waals surface area contributed by atoms with E-state index < -0.39 is 11.7 Å². The van der Waals surface area contributed by atoms with Crippen molar-refractivity contribution >= 4 is 21.6 Å². The van der Waals surface area contributed by atoms with Gasteiger partial charge in [0.25, 0.3) is 0 Å². The van der Waals surface area contributed by atoms with E-state index >= 15 is 0 Å². The molecule has 0 aliphatic carbocycles. The summed E-state index contributed by atoms with van der Waals surface area (Å²) in [5, 5.41) is 0. The third-order valence-electron chi connectivity index (χ3n) is 2.36. The minimum Gasteiger partial charge on any atom is -0.457 e. The summed E-state index contributed by atoms with van der Waals surface area (Å²) in [6.07, 6.45) is -4.50. The third kappa shape index (κ3) is 3.41. The highest BCUT2D eigenvalue weighted by Gasteiger charge is 2.33. The molecular formula is C13H9BrF3NO. The van der Waals surface area contributed by atoms with Gasteiger partial charge in [-0.15, -0.1) is 0 Å². The maximum Gasteiger partial charge on any atom is 0.418 e. The molecule has 0 spiro atoms. The van der Waals surface area contributed by atoms with Gasteiger partial charge in [0.05, 0.1) is 5.56 Å². The topological polar surface area (TPSA) is 35.2 Å². The summed E-state index contributed by atoms with van der Waals surface area (Å²) in [6.45, 7) is 0. The number of hydrogen-bond donors (Lipinski definition) is 1. The highest BCUT2D eigenvalue weighted by Crippen LogP contribution is 2.36. The third-order valence-corrected chi connectivity index (χ3v) is 2.86. The van der Waals surface area contributed by atoms with Crippen molar-refractivity contribution in [2.45, 2.75) is 6.18 Å². The molecule has 0 atom stereocenters. The van der Waals surface area contributed by atoms with Gasteiger partial charge < -0.3 is 10.5 Å². The summed E-state index contributed by atoms with van der Waals surface area (Å²) >= 11 is 3.25. The van der Waals surface area contributed by atoms with Gasteiger partial charge in [0, 0.05) is 10.2 Å². The second-order valence-electron chi connectivity index (χ2n) is 3.81. The van der Waals surface area contributed by atoms with E-state index in [2.05, 4.69) is 15.9 Å². The van der Waals surface area contributed by atoms with Crippen molar-refractivity contribution in [3.63, 3.8) is 0 Å². The zero-order valence-corrected chi connectivity index (χ0v) is 11.1. The van der Waals surface area contributed by atoms with Crippen LogP contribution in [0, 0.1) is 0 Å². The normalized spacial score (nSPS) is 11.4. The smallest absolute Gasteiger partial charge is 0.418 e. The fraction of sp³-hybridized carbons (Fsp3) is 0.0769. The number of ether oxygens (including phenoxy) is 1. The van der Waals surface area contributed by atoms with E-state index in [1.165, 1.54) is 12.1 Å². The lowest BCUT2D eigenvalue weighted by molar-refractivity contribution is -0.137. The van der Waals surface area contributed by atoms with Crippen LogP contribution in [0.1, 0.15) is 5.56 Å². The predicted molar refractivity (Wildman–Crippen MR) is 70.1 cm³/mol. The fourth-order valence-corrected chi connectivity index (χ4v) is 1.89. The molecule has 0 aliphatic rings. The maximum atomic E-state index is 12.7. The van der Waals surface area contributed by atoms with Crippen LogP contribution in [0.4, 0.5) is 18.9 Å². The molecular weight excluding hydrogens is 323 g/mol. The number of nitrogens with two attached hydrogens (primary N) is 1. The van der Waals surface area contributed by atoms with Crippen LogP contribution < -0.4 is 10.5 Å². The number of benzene rings is 2. The van der Waals surface area contributed by atoms with E-state index in [4.69, 9.17) is 10.5 Å². The highest BCUT2D eigenvalue weighted by molar-refractivity contribution is 9.10. The molecule has 0 bridgehead atoms. The average Bonchev–Trinajstić information content (AvgIpc) is 2.30. The molecule has 100 valence electrons. The molecule has 6 heteroatoms. The first-order chi connectivity index (χ1) is 8.86. The first-order valence-electron chi connectivity index (χ1n) is 5.26. The van der Waals surface area contributed by atoms with E-state index in [1.54, 1.807) is 24.3 Å². The molecule has 0 amide bonds. The quantitative estimate of drug-likeness (QED) is 0.799. The van der Waals surface area contributed by atoms with Crippen LogP contribution in [-0.2, 0) is 6.18 Å². The molecule has 2 rings (SSSR count). The van der Waals surface area contributed by atoms with Crippen LogP contribution in [-0.4, -0.2) is 0 Å². The molecule has 0 aliphatic heterocycles. The van der Waals surface area contributed by atoms with Gasteiger partial charge in [0.2, 0.25) is 0 Å². The number of anilines is 1. The van der Waals surface area contributed by atoms with Crippen molar-refractivity contribution in [2.75, 3.05) is 5.73 Å². The Kier molecular flexibility index (Phi) is 3.71. The molecule has 0 saturated carbocycles. The van der Waals surface area contributed by atoms with E-state index in [0.29, 0.717) is 5.75 Å². The Morgan fingerprint density at radius 3 is 2.32 bits per heavy atom. The van der Waals surface area contributed by atoms with Gasteiger partial charge in [-0.05, 0) is 36.4 Å². The minimum absolute atomic E-state index is 0.0830. The Labute approximate surface area is 116 Å². The van der Waals surface area contributed by atoms with Crippen molar-refractivity contribution in [1.82, 2.24) is 0 Å². The summed E-state index contributed by atoms with van der Waals surface area (Å²) < 4.78 is 44.2. The number of nitrogen functional groups attached to an aromatic ring is 1. The van der Waals surface area contributed by atoms with E-state index in [0.717, 1.165) is 10.5 Å². The molecule has 0 heterocycles. The zero-order valence-electron chi connectivity index (χ0n) is 9.54. The Bertz CT molecular complexity index is 599. The van der Waals surface area contributed by atoms with Gasteiger partial charge in [0.1, 0.15) is 11.5 Å². The lowest BCUT2D eigenvalue weighted by atomic mass is 10.1. The molecule has 2 aromatic carbocycles. The van der Waals surface area contributed by atoms with Gasteiger partial charge >= 0.3 is 6.18 Å². The molecule has 0 fully saturated rings. The van der Waals surface area contributed by atoms with Crippen LogP contribution in [0.2, 0.25) is 0 Å². The molecule has 19 heavy (non-hydrogen) atoms. The van der Waals surface area contributed by atoms with Crippen molar-refractivity contribution in [2.24, 2.45) is 0 Å². The summed E-state index contributed by atoms with van der Waals surface area (Å²) in [5.41, 5.74) is 4.08. The Morgan fingerprint density at radius 1 is 1.00 bits per heavy atom. The average molecular weight is 332 g/mol. The molecule has 2 nitrogen and oxygen atoms in total. The number of alkyl halides is 3. The largest absolute Gasteiger partial charge is 0.457 e. The predicted octanol–water partition coefficient (Wildman–Crippen LogP) is 4.84. The monoisotopic (exact) mass is 331 g/mol. The van der Waals surface area contributed by atoms with Crippen molar-refractivity contribution < 1.29 is 17.9 Å². The maximum absolute atomic E-state index is 12.7. The van der Waals surface area contributed by atoms with Gasteiger partial charge in [-0.25, -0.2) is 0 Å². The molecule has 0 unspecified atom stereocenters. The number of hydrogen-bond acceptors (Lipinski definition) is 2.